The number of carbonyl (C=O) groups excluding carboxylic acids is 4. The molecule has 2 aromatic rings. The lowest BCUT2D eigenvalue weighted by Gasteiger charge is -2.43. The fourth-order valence-electron chi connectivity index (χ4n) is 4.96. The van der Waals surface area contributed by atoms with Crippen LogP contribution in [-0.4, -0.2) is 88.4 Å². The van der Waals surface area contributed by atoms with Gasteiger partial charge in [-0.05, 0) is 29.8 Å². The van der Waals surface area contributed by atoms with Crippen molar-refractivity contribution >= 4 is 40.0 Å². The van der Waals surface area contributed by atoms with Gasteiger partial charge in [-0.25, -0.2) is 4.79 Å². The molecule has 2 atom stereocenters. The smallest absolute Gasteiger partial charge is 0.322 e. The maximum absolute atomic E-state index is 13.1. The second-order valence-corrected chi connectivity index (χ2v) is 11.9. The van der Waals surface area contributed by atoms with Crippen LogP contribution < -0.4 is 20.9 Å². The highest BCUT2D eigenvalue weighted by atomic mass is 32.3. The molecular weight excluding hydrogens is 526 g/mol. The van der Waals surface area contributed by atoms with Crippen LogP contribution in [0.3, 0.4) is 0 Å². The van der Waals surface area contributed by atoms with E-state index in [0.717, 1.165) is 11.3 Å². The van der Waals surface area contributed by atoms with Crippen molar-refractivity contribution in [3.63, 3.8) is 0 Å². The van der Waals surface area contributed by atoms with Crippen molar-refractivity contribution in [2.75, 3.05) is 43.5 Å². The Kier molecular flexibility index (Phi) is 7.75. The fourth-order valence-corrected chi connectivity index (χ4v) is 6.48. The van der Waals surface area contributed by atoms with Gasteiger partial charge in [0.1, 0.15) is 6.04 Å². The number of hydrogen-bond acceptors (Lipinski definition) is 8. The van der Waals surface area contributed by atoms with Crippen molar-refractivity contribution in [1.29, 1.82) is 0 Å². The van der Waals surface area contributed by atoms with Crippen LogP contribution in [0.15, 0.2) is 53.4 Å². The minimum atomic E-state index is -2.81. The van der Waals surface area contributed by atoms with Crippen LogP contribution in [-0.2, 0) is 20.9 Å². The van der Waals surface area contributed by atoms with Gasteiger partial charge in [0.25, 0.3) is 11.8 Å². The summed E-state index contributed by atoms with van der Waals surface area (Å²) in [5.41, 5.74) is 2.02. The molecule has 208 valence electrons. The van der Waals surface area contributed by atoms with Crippen molar-refractivity contribution in [3.8, 4) is 0 Å². The quantitative estimate of drug-likeness (QED) is 0.319. The number of morpholine rings is 1. The molecule has 0 aromatic heterocycles. The summed E-state index contributed by atoms with van der Waals surface area (Å²) < 4.78 is 26.1. The van der Waals surface area contributed by atoms with Gasteiger partial charge >= 0.3 is 6.03 Å². The number of hydrogen-bond donors (Lipinski definition) is 5. The Balaban J connectivity index is 1.27. The largest absolute Gasteiger partial charge is 0.378 e. The lowest BCUT2D eigenvalue weighted by molar-refractivity contribution is -0.136. The van der Waals surface area contributed by atoms with Crippen molar-refractivity contribution in [1.82, 2.24) is 20.9 Å². The van der Waals surface area contributed by atoms with Crippen LogP contribution in [0.2, 0.25) is 0 Å². The summed E-state index contributed by atoms with van der Waals surface area (Å²) in [7, 11) is -2.81. The third kappa shape index (κ3) is 6.01. The molecule has 2 aromatic carbocycles. The zero-order valence-corrected chi connectivity index (χ0v) is 22.0. The first kappa shape index (κ1) is 26.9. The van der Waals surface area contributed by atoms with Gasteiger partial charge < -0.3 is 25.2 Å². The Labute approximate surface area is 227 Å². The Hall–Kier alpha value is -3.65. The molecule has 5 N–H and O–H groups in total. The van der Waals surface area contributed by atoms with Gasteiger partial charge in [-0.15, -0.1) is 0 Å². The van der Waals surface area contributed by atoms with E-state index in [0.29, 0.717) is 49.9 Å². The third-order valence-electron chi connectivity index (χ3n) is 7.08. The minimum Gasteiger partial charge on any atom is -0.378 e. The predicted octanol–water partition coefficient (Wildman–Crippen LogP) is 1.37. The number of carbonyl (C=O) groups is 4. The van der Waals surface area contributed by atoms with E-state index in [2.05, 4.69) is 20.9 Å². The van der Waals surface area contributed by atoms with Crippen molar-refractivity contribution in [2.24, 2.45) is 0 Å². The Morgan fingerprint density at radius 3 is 2.46 bits per heavy atom. The standard InChI is InChI=1S/C26H31N5O7S/c32-22(30-9-12-38-13-10-30)15-19(23-25(34)29-26(35)28-23)27-24(33)18-7-5-17(6-8-18)16-31-11-14-39(36,37)21-4-2-1-3-20(21)31/h1-8,19,23,36-37H,9-16H2,(H,27,33)(H2,28,29,34,35). The highest BCUT2D eigenvalue weighted by Gasteiger charge is 2.39. The van der Waals surface area contributed by atoms with E-state index in [1.165, 1.54) is 0 Å². The summed E-state index contributed by atoms with van der Waals surface area (Å²) in [6.07, 6.45) is -0.157. The first-order chi connectivity index (χ1) is 18.7. The summed E-state index contributed by atoms with van der Waals surface area (Å²) in [5.74, 6) is -1.08. The molecule has 5 rings (SSSR count). The second kappa shape index (κ2) is 11.2. The summed E-state index contributed by atoms with van der Waals surface area (Å²) in [6, 6.07) is 11.5. The maximum Gasteiger partial charge on any atom is 0.322 e. The van der Waals surface area contributed by atoms with Crippen LogP contribution in [0.5, 0.6) is 0 Å². The molecule has 2 unspecified atom stereocenters. The number of fused-ring (bicyclic) bond motifs is 1. The number of nitrogens with zero attached hydrogens (tertiary/aromatic N) is 2. The average molecular weight is 558 g/mol. The predicted molar refractivity (Wildman–Crippen MR) is 144 cm³/mol. The van der Waals surface area contributed by atoms with Crippen molar-refractivity contribution < 1.29 is 33.0 Å². The van der Waals surface area contributed by atoms with Gasteiger partial charge in [0.2, 0.25) is 5.91 Å². The molecule has 39 heavy (non-hydrogen) atoms. The lowest BCUT2D eigenvalue weighted by Crippen LogP contribution is -2.54. The topological polar surface area (TPSA) is 161 Å². The zero-order chi connectivity index (χ0) is 27.6. The molecule has 0 saturated carbocycles. The van der Waals surface area contributed by atoms with Gasteiger partial charge in [-0.2, -0.15) is 10.6 Å². The monoisotopic (exact) mass is 557 g/mol. The first-order valence-electron chi connectivity index (χ1n) is 12.7. The molecule has 0 radical (unpaired) electrons. The molecular formula is C26H31N5O7S. The molecule has 3 heterocycles. The lowest BCUT2D eigenvalue weighted by atomic mass is 10.0. The van der Waals surface area contributed by atoms with Gasteiger partial charge in [0.05, 0.1) is 35.6 Å². The minimum absolute atomic E-state index is 0.157. The van der Waals surface area contributed by atoms with Crippen molar-refractivity contribution in [2.45, 2.75) is 29.9 Å². The molecule has 2 fully saturated rings. The molecule has 12 nitrogen and oxygen atoms in total. The normalized spacial score (nSPS) is 21.8. The number of ether oxygens (including phenoxy) is 1. The van der Waals surface area contributed by atoms with E-state index in [1.54, 1.807) is 29.2 Å². The third-order valence-corrected chi connectivity index (χ3v) is 8.88. The number of rotatable bonds is 7. The Morgan fingerprint density at radius 2 is 1.77 bits per heavy atom. The number of amides is 5. The number of imide groups is 1. The molecule has 0 spiro atoms. The number of nitrogens with one attached hydrogen (secondary N) is 3. The average Bonchev–Trinajstić information content (AvgIpc) is 3.28. The molecule has 0 aliphatic carbocycles. The highest BCUT2D eigenvalue weighted by molar-refractivity contribution is 8.24. The molecule has 0 bridgehead atoms. The molecule has 13 heteroatoms. The number of para-hydroxylation sites is 1. The molecule has 3 aliphatic heterocycles. The van der Waals surface area contributed by atoms with Gasteiger partial charge in [0, 0.05) is 38.2 Å². The maximum atomic E-state index is 13.1. The SMILES string of the molecule is O=C1NC(=O)C(C(CC(=O)N2CCOCC2)NC(=O)c2ccc(CN3CCS(O)(O)c4ccccc43)cc2)N1. The highest BCUT2D eigenvalue weighted by Crippen LogP contribution is 2.55. The summed E-state index contributed by atoms with van der Waals surface area (Å²) >= 11 is 0. The van der Waals surface area contributed by atoms with E-state index >= 15 is 0 Å². The van der Waals surface area contributed by atoms with E-state index in [4.69, 9.17) is 4.74 Å². The van der Waals surface area contributed by atoms with Crippen LogP contribution in [0.25, 0.3) is 0 Å². The summed E-state index contributed by atoms with van der Waals surface area (Å²) in [4.78, 5) is 54.3. The van der Waals surface area contributed by atoms with E-state index in [-0.39, 0.29) is 18.1 Å². The fraction of sp³-hybridized carbons (Fsp3) is 0.385. The number of benzene rings is 2. The van der Waals surface area contributed by atoms with Crippen LogP contribution >= 0.6 is 10.6 Å². The van der Waals surface area contributed by atoms with E-state index in [9.17, 15) is 28.3 Å². The Morgan fingerprint density at radius 1 is 1.05 bits per heavy atom. The molecule has 2 saturated heterocycles. The number of anilines is 1. The van der Waals surface area contributed by atoms with Crippen LogP contribution in [0.1, 0.15) is 22.3 Å². The number of urea groups is 1. The first-order valence-corrected chi connectivity index (χ1v) is 14.4. The van der Waals surface area contributed by atoms with Gasteiger partial charge in [-0.3, -0.25) is 28.8 Å². The summed E-state index contributed by atoms with van der Waals surface area (Å²) in [5, 5.41) is 7.40. The van der Waals surface area contributed by atoms with E-state index < -0.39 is 40.5 Å². The molecule has 3 aliphatic rings. The second-order valence-electron chi connectivity index (χ2n) is 9.67. The van der Waals surface area contributed by atoms with Crippen LogP contribution in [0, 0.1) is 0 Å². The molecule has 5 amide bonds. The zero-order valence-electron chi connectivity index (χ0n) is 21.2. The Bertz CT molecular complexity index is 1270. The van der Waals surface area contributed by atoms with Gasteiger partial charge in [-0.1, -0.05) is 24.3 Å². The van der Waals surface area contributed by atoms with E-state index in [1.807, 2.05) is 24.3 Å². The van der Waals surface area contributed by atoms with Gasteiger partial charge in [0.15, 0.2) is 0 Å². The van der Waals surface area contributed by atoms with Crippen LogP contribution in [0.4, 0.5) is 10.5 Å². The van der Waals surface area contributed by atoms with Crippen molar-refractivity contribution in [3.05, 3.63) is 59.7 Å². The summed E-state index contributed by atoms with van der Waals surface area (Å²) in [6.45, 7) is 2.67.